The normalized spacial score (nSPS) is 12.6. The maximum absolute atomic E-state index is 4.60. The molecule has 0 spiro atoms. The molecule has 2 aromatic rings. The van der Waals surface area contributed by atoms with Crippen molar-refractivity contribution < 1.29 is 0 Å². The largest absolute Gasteiger partial charge is 0.305 e. The lowest BCUT2D eigenvalue weighted by Crippen LogP contribution is -2.20. The molecule has 3 heteroatoms. The van der Waals surface area contributed by atoms with Gasteiger partial charge in [-0.05, 0) is 43.9 Å². The molecule has 0 aliphatic heterocycles. The third-order valence-electron chi connectivity index (χ3n) is 4.05. The van der Waals surface area contributed by atoms with Crippen LogP contribution in [0.15, 0.2) is 30.3 Å². The zero-order valence-electron chi connectivity index (χ0n) is 13.7. The molecule has 0 saturated carbocycles. The van der Waals surface area contributed by atoms with E-state index in [9.17, 15) is 0 Å². The molecule has 3 nitrogen and oxygen atoms in total. The Hall–Kier alpha value is -1.61. The average Bonchev–Trinajstić information content (AvgIpc) is 2.95. The van der Waals surface area contributed by atoms with E-state index in [4.69, 9.17) is 0 Å². The highest BCUT2D eigenvalue weighted by atomic mass is 15.3. The van der Waals surface area contributed by atoms with Gasteiger partial charge in [0.05, 0.1) is 11.4 Å². The lowest BCUT2D eigenvalue weighted by atomic mass is 10.0. The fourth-order valence-electron chi connectivity index (χ4n) is 2.52. The highest BCUT2D eigenvalue weighted by Gasteiger charge is 2.09. The molecule has 0 radical (unpaired) electrons. The first-order chi connectivity index (χ1) is 10.2. The Morgan fingerprint density at radius 2 is 1.81 bits per heavy atom. The van der Waals surface area contributed by atoms with E-state index in [2.05, 4.69) is 73.1 Å². The summed E-state index contributed by atoms with van der Waals surface area (Å²) in [5, 5.41) is 8.20. The van der Waals surface area contributed by atoms with Crippen molar-refractivity contribution in [1.29, 1.82) is 0 Å². The molecule has 0 saturated heterocycles. The Balaban J connectivity index is 1.99. The van der Waals surface area contributed by atoms with Gasteiger partial charge < -0.3 is 5.32 Å². The zero-order chi connectivity index (χ0) is 15.2. The van der Waals surface area contributed by atoms with Crippen molar-refractivity contribution in [2.75, 3.05) is 0 Å². The monoisotopic (exact) mass is 285 g/mol. The number of nitrogens with zero attached hydrogens (tertiary/aromatic N) is 2. The van der Waals surface area contributed by atoms with Crippen LogP contribution < -0.4 is 5.32 Å². The van der Waals surface area contributed by atoms with Crippen LogP contribution in [0.2, 0.25) is 0 Å². The highest BCUT2D eigenvalue weighted by molar-refractivity contribution is 5.24. The van der Waals surface area contributed by atoms with Crippen molar-refractivity contribution >= 4 is 0 Å². The van der Waals surface area contributed by atoms with Crippen LogP contribution in [0.25, 0.3) is 0 Å². The Labute approximate surface area is 128 Å². The van der Waals surface area contributed by atoms with Gasteiger partial charge in [0.2, 0.25) is 0 Å². The van der Waals surface area contributed by atoms with Crippen LogP contribution in [-0.2, 0) is 25.9 Å². The molecule has 2 rings (SSSR count). The molecule has 1 atom stereocenters. The van der Waals surface area contributed by atoms with Crippen molar-refractivity contribution in [1.82, 2.24) is 15.1 Å². The molecule has 1 N–H and O–H groups in total. The van der Waals surface area contributed by atoms with Gasteiger partial charge in [0.1, 0.15) is 0 Å². The van der Waals surface area contributed by atoms with Crippen LogP contribution in [0, 0.1) is 0 Å². The molecule has 114 valence electrons. The SMILES string of the molecule is CCc1ccc(C(C)NCc2cc(CC)nn2CC)cc1. The molecule has 0 amide bonds. The molecule has 1 heterocycles. The van der Waals surface area contributed by atoms with Crippen LogP contribution in [0.4, 0.5) is 0 Å². The molecule has 0 aliphatic carbocycles. The van der Waals surface area contributed by atoms with Gasteiger partial charge >= 0.3 is 0 Å². The van der Waals surface area contributed by atoms with Gasteiger partial charge in [-0.25, -0.2) is 0 Å². The number of benzene rings is 1. The summed E-state index contributed by atoms with van der Waals surface area (Å²) < 4.78 is 2.10. The number of aryl methyl sites for hydroxylation is 3. The highest BCUT2D eigenvalue weighted by Crippen LogP contribution is 2.15. The third-order valence-corrected chi connectivity index (χ3v) is 4.05. The van der Waals surface area contributed by atoms with Gasteiger partial charge in [-0.2, -0.15) is 5.10 Å². The predicted molar refractivity (Wildman–Crippen MR) is 88.4 cm³/mol. The second kappa shape index (κ2) is 7.41. The van der Waals surface area contributed by atoms with Gasteiger partial charge in [0.25, 0.3) is 0 Å². The summed E-state index contributed by atoms with van der Waals surface area (Å²) in [6, 6.07) is 11.5. The summed E-state index contributed by atoms with van der Waals surface area (Å²) in [5.41, 5.74) is 5.17. The van der Waals surface area contributed by atoms with Crippen molar-refractivity contribution in [3.05, 3.63) is 52.8 Å². The van der Waals surface area contributed by atoms with Gasteiger partial charge in [-0.15, -0.1) is 0 Å². The van der Waals surface area contributed by atoms with E-state index in [0.717, 1.165) is 25.9 Å². The van der Waals surface area contributed by atoms with Crippen molar-refractivity contribution in [2.45, 2.75) is 59.7 Å². The van der Waals surface area contributed by atoms with E-state index in [1.54, 1.807) is 0 Å². The number of rotatable bonds is 7. The van der Waals surface area contributed by atoms with E-state index in [1.807, 2.05) is 0 Å². The predicted octanol–water partition coefficient (Wildman–Crippen LogP) is 3.88. The first-order valence-corrected chi connectivity index (χ1v) is 8.05. The molecule has 1 aromatic heterocycles. The van der Waals surface area contributed by atoms with Gasteiger partial charge in [-0.3, -0.25) is 4.68 Å². The fraction of sp³-hybridized carbons (Fsp3) is 0.500. The first-order valence-electron chi connectivity index (χ1n) is 8.05. The van der Waals surface area contributed by atoms with E-state index in [0.29, 0.717) is 6.04 Å². The molecule has 0 aliphatic rings. The Morgan fingerprint density at radius 1 is 1.10 bits per heavy atom. The Bertz CT molecular complexity index is 554. The Kier molecular flexibility index (Phi) is 5.57. The van der Waals surface area contributed by atoms with Crippen LogP contribution in [-0.4, -0.2) is 9.78 Å². The lowest BCUT2D eigenvalue weighted by molar-refractivity contribution is 0.530. The maximum atomic E-state index is 4.60. The lowest BCUT2D eigenvalue weighted by Gasteiger charge is -2.15. The molecule has 21 heavy (non-hydrogen) atoms. The molecule has 0 bridgehead atoms. The second-order valence-corrected chi connectivity index (χ2v) is 5.49. The smallest absolute Gasteiger partial charge is 0.0625 e. The summed E-state index contributed by atoms with van der Waals surface area (Å²) in [6.07, 6.45) is 2.09. The number of aromatic nitrogens is 2. The van der Waals surface area contributed by atoms with Crippen molar-refractivity contribution in [3.63, 3.8) is 0 Å². The maximum Gasteiger partial charge on any atom is 0.0625 e. The van der Waals surface area contributed by atoms with Crippen LogP contribution in [0.1, 0.15) is 56.3 Å². The Morgan fingerprint density at radius 3 is 2.38 bits per heavy atom. The van der Waals surface area contributed by atoms with E-state index in [-0.39, 0.29) is 0 Å². The van der Waals surface area contributed by atoms with Gasteiger partial charge in [-0.1, -0.05) is 38.1 Å². The molecule has 1 aromatic carbocycles. The summed E-state index contributed by atoms with van der Waals surface area (Å²) in [4.78, 5) is 0. The summed E-state index contributed by atoms with van der Waals surface area (Å²) in [6.45, 7) is 10.5. The second-order valence-electron chi connectivity index (χ2n) is 5.49. The fourth-order valence-corrected chi connectivity index (χ4v) is 2.52. The third kappa shape index (κ3) is 3.94. The summed E-state index contributed by atoms with van der Waals surface area (Å²) >= 11 is 0. The van der Waals surface area contributed by atoms with Gasteiger partial charge in [0, 0.05) is 19.1 Å². The first kappa shape index (κ1) is 15.8. The van der Waals surface area contributed by atoms with Crippen LogP contribution >= 0.6 is 0 Å². The zero-order valence-corrected chi connectivity index (χ0v) is 13.7. The van der Waals surface area contributed by atoms with E-state index < -0.39 is 0 Å². The van der Waals surface area contributed by atoms with Gasteiger partial charge in [0.15, 0.2) is 0 Å². The summed E-state index contributed by atoms with van der Waals surface area (Å²) in [7, 11) is 0. The molecular formula is C18H27N3. The average molecular weight is 285 g/mol. The quantitative estimate of drug-likeness (QED) is 0.836. The van der Waals surface area contributed by atoms with Crippen molar-refractivity contribution in [3.8, 4) is 0 Å². The number of hydrogen-bond acceptors (Lipinski definition) is 2. The standard InChI is InChI=1S/C18H27N3/c1-5-15-8-10-16(11-9-15)14(4)19-13-18-12-17(6-2)20-21(18)7-3/h8-12,14,19H,5-7,13H2,1-4H3. The molecular weight excluding hydrogens is 258 g/mol. The number of nitrogens with one attached hydrogen (secondary N) is 1. The minimum Gasteiger partial charge on any atom is -0.305 e. The van der Waals surface area contributed by atoms with Crippen LogP contribution in [0.5, 0.6) is 0 Å². The minimum atomic E-state index is 0.348. The minimum absolute atomic E-state index is 0.348. The van der Waals surface area contributed by atoms with Crippen molar-refractivity contribution in [2.24, 2.45) is 0 Å². The summed E-state index contributed by atoms with van der Waals surface area (Å²) in [5.74, 6) is 0. The molecule has 0 fully saturated rings. The molecule has 1 unspecified atom stereocenters. The van der Waals surface area contributed by atoms with E-state index >= 15 is 0 Å². The number of hydrogen-bond donors (Lipinski definition) is 1. The topological polar surface area (TPSA) is 29.9 Å². The van der Waals surface area contributed by atoms with Crippen LogP contribution in [0.3, 0.4) is 0 Å². The van der Waals surface area contributed by atoms with E-state index in [1.165, 1.54) is 22.5 Å².